The van der Waals surface area contributed by atoms with Crippen molar-refractivity contribution in [2.75, 3.05) is 51.8 Å². The summed E-state index contributed by atoms with van der Waals surface area (Å²) < 4.78 is 46.6. The molecule has 188 valence electrons. The number of nitrogens with zero attached hydrogens (tertiary/aromatic N) is 5. The minimum absolute atomic E-state index is 0.0779. The van der Waals surface area contributed by atoms with E-state index in [2.05, 4.69) is 10.2 Å². The first-order valence-corrected chi connectivity index (χ1v) is 11.8. The number of aromatic nitrogens is 2. The van der Waals surface area contributed by atoms with Crippen LogP contribution in [0.2, 0.25) is 0 Å². The minimum atomic E-state index is -2.90. The fourth-order valence-corrected chi connectivity index (χ4v) is 4.88. The van der Waals surface area contributed by atoms with Crippen LogP contribution < -0.4 is 5.32 Å². The van der Waals surface area contributed by atoms with Crippen LogP contribution in [0.25, 0.3) is 0 Å². The van der Waals surface area contributed by atoms with Crippen LogP contribution in [0.1, 0.15) is 53.5 Å². The highest BCUT2D eigenvalue weighted by Gasteiger charge is 2.35. The molecule has 5 rings (SSSR count). The lowest BCUT2D eigenvalue weighted by atomic mass is 10.00. The molecule has 11 heteroatoms. The average molecular weight is 491 g/mol. The number of carbonyl (C=O) groups excluding carboxylic acids is 1. The fraction of sp³-hybridized carbons (Fsp3) is 0.542. The van der Waals surface area contributed by atoms with Gasteiger partial charge in [0.2, 0.25) is 0 Å². The maximum Gasteiger partial charge on any atom is 0.320 e. The van der Waals surface area contributed by atoms with Gasteiger partial charge in [0.1, 0.15) is 17.5 Å². The molecule has 0 saturated carbocycles. The normalized spacial score (nSPS) is 19.6. The maximum atomic E-state index is 14.8. The zero-order chi connectivity index (χ0) is 24.7. The highest BCUT2D eigenvalue weighted by molar-refractivity contribution is 5.76. The van der Waals surface area contributed by atoms with Crippen LogP contribution >= 0.6 is 0 Å². The fourth-order valence-electron chi connectivity index (χ4n) is 4.88. The van der Waals surface area contributed by atoms with E-state index < -0.39 is 23.8 Å². The maximum absolute atomic E-state index is 14.8. The summed E-state index contributed by atoms with van der Waals surface area (Å²) in [6.45, 7) is 6.16. The van der Waals surface area contributed by atoms with Gasteiger partial charge in [0.05, 0.1) is 43.6 Å². The molecule has 0 unspecified atom stereocenters. The Morgan fingerprint density at radius 1 is 1.11 bits per heavy atom. The number of benzene rings is 1. The number of anilines is 1. The molecule has 8 nitrogen and oxygen atoms in total. The number of nitrogens with one attached hydrogen (secondary N) is 1. The monoisotopic (exact) mass is 490 g/mol. The summed E-state index contributed by atoms with van der Waals surface area (Å²) in [5.41, 5.74) is 1.06. The number of likely N-dealkylation sites (tertiary alicyclic amines) is 1. The van der Waals surface area contributed by atoms with Gasteiger partial charge >= 0.3 is 6.03 Å². The molecule has 0 aliphatic carbocycles. The molecule has 2 saturated heterocycles. The number of amides is 2. The van der Waals surface area contributed by atoms with E-state index >= 15 is 0 Å². The molecule has 1 atom stereocenters. The van der Waals surface area contributed by atoms with Crippen LogP contribution in [0, 0.1) is 5.82 Å². The second-order valence-electron chi connectivity index (χ2n) is 9.43. The molecule has 2 amide bonds. The smallest absolute Gasteiger partial charge is 0.320 e. The van der Waals surface area contributed by atoms with Gasteiger partial charge in [-0.15, -0.1) is 0 Å². The Bertz CT molecular complexity index is 1100. The first kappa shape index (κ1) is 23.8. The SMILES string of the molecule is C[C@@H](Nc1nc(C2CN(C)C2)nc2c1CN(C(=O)N1CCOCC1)C2)c1cccc(C(F)F)c1F. The largest absolute Gasteiger partial charge is 0.378 e. The standard InChI is InChI=1S/C24H29F3N6O2/c1-14(16-4-3-5-17(20(16)25)21(26)27)28-23-18-12-33(24(34)32-6-8-35-9-7-32)13-19(18)29-22(30-23)15-10-31(2)11-15/h3-5,14-15,21H,6-13H2,1-2H3,(H,28,29,30)/t14-/m1/s1. The van der Waals surface area contributed by atoms with Crippen molar-refractivity contribution in [3.8, 4) is 0 Å². The molecule has 0 bridgehead atoms. The molecule has 1 aromatic carbocycles. The third kappa shape index (κ3) is 4.66. The van der Waals surface area contributed by atoms with Crippen molar-refractivity contribution >= 4 is 11.8 Å². The molecule has 1 aromatic heterocycles. The third-order valence-corrected chi connectivity index (χ3v) is 6.89. The number of hydrogen-bond donors (Lipinski definition) is 1. The lowest BCUT2D eigenvalue weighted by molar-refractivity contribution is 0.0429. The van der Waals surface area contributed by atoms with E-state index in [-0.39, 0.29) is 17.5 Å². The van der Waals surface area contributed by atoms with Crippen molar-refractivity contribution in [3.05, 3.63) is 52.2 Å². The van der Waals surface area contributed by atoms with Gasteiger partial charge in [-0.1, -0.05) is 18.2 Å². The molecular weight excluding hydrogens is 461 g/mol. The summed E-state index contributed by atoms with van der Waals surface area (Å²) in [4.78, 5) is 28.3. The zero-order valence-corrected chi connectivity index (χ0v) is 19.8. The number of morpholine rings is 1. The van der Waals surface area contributed by atoms with E-state index in [0.29, 0.717) is 51.0 Å². The summed E-state index contributed by atoms with van der Waals surface area (Å²) in [6, 6.07) is 3.33. The van der Waals surface area contributed by atoms with Gasteiger partial charge in [-0.05, 0) is 14.0 Å². The Hall–Kier alpha value is -2.92. The summed E-state index contributed by atoms with van der Waals surface area (Å²) in [7, 11) is 2.02. The van der Waals surface area contributed by atoms with E-state index in [9.17, 15) is 18.0 Å². The van der Waals surface area contributed by atoms with Gasteiger partial charge in [-0.2, -0.15) is 0 Å². The Kier molecular flexibility index (Phi) is 6.54. The Morgan fingerprint density at radius 3 is 2.51 bits per heavy atom. The van der Waals surface area contributed by atoms with Crippen molar-refractivity contribution in [2.45, 2.75) is 38.4 Å². The molecule has 0 spiro atoms. The van der Waals surface area contributed by atoms with Crippen molar-refractivity contribution in [1.82, 2.24) is 24.7 Å². The van der Waals surface area contributed by atoms with E-state index in [4.69, 9.17) is 14.7 Å². The summed E-state index contributed by atoms with van der Waals surface area (Å²) in [6.07, 6.45) is -2.90. The summed E-state index contributed by atoms with van der Waals surface area (Å²) in [5.74, 6) is 0.451. The Morgan fingerprint density at radius 2 is 1.83 bits per heavy atom. The van der Waals surface area contributed by atoms with Crippen LogP contribution in [0.15, 0.2) is 18.2 Å². The summed E-state index contributed by atoms with van der Waals surface area (Å²) in [5, 5.41) is 3.24. The first-order chi connectivity index (χ1) is 16.8. The van der Waals surface area contributed by atoms with Crippen molar-refractivity contribution in [1.29, 1.82) is 0 Å². The van der Waals surface area contributed by atoms with Crippen molar-refractivity contribution in [2.24, 2.45) is 0 Å². The molecule has 4 heterocycles. The number of fused-ring (bicyclic) bond motifs is 1. The first-order valence-electron chi connectivity index (χ1n) is 11.8. The second-order valence-corrected chi connectivity index (χ2v) is 9.43. The highest BCUT2D eigenvalue weighted by Crippen LogP contribution is 2.34. The molecule has 2 aromatic rings. The number of carbonyl (C=O) groups is 1. The molecule has 3 aliphatic heterocycles. The molecule has 2 fully saturated rings. The second kappa shape index (κ2) is 9.62. The molecule has 0 radical (unpaired) electrons. The van der Waals surface area contributed by atoms with Crippen LogP contribution in [0.3, 0.4) is 0 Å². The van der Waals surface area contributed by atoms with Gasteiger partial charge in [0.25, 0.3) is 6.43 Å². The topological polar surface area (TPSA) is 73.8 Å². The molecular formula is C24H29F3N6O2. The van der Waals surface area contributed by atoms with E-state index in [0.717, 1.165) is 30.4 Å². The number of halogens is 3. The average Bonchev–Trinajstić information content (AvgIpc) is 3.26. The predicted octanol–water partition coefficient (Wildman–Crippen LogP) is 3.52. The highest BCUT2D eigenvalue weighted by atomic mass is 19.3. The third-order valence-electron chi connectivity index (χ3n) is 6.89. The number of urea groups is 1. The lowest BCUT2D eigenvalue weighted by Gasteiger charge is -2.35. The molecule has 3 aliphatic rings. The van der Waals surface area contributed by atoms with Gasteiger partial charge < -0.3 is 24.8 Å². The predicted molar refractivity (Wildman–Crippen MR) is 123 cm³/mol. The van der Waals surface area contributed by atoms with E-state index in [1.165, 1.54) is 12.1 Å². The van der Waals surface area contributed by atoms with Gasteiger partial charge in [-0.3, -0.25) is 0 Å². The number of alkyl halides is 2. The van der Waals surface area contributed by atoms with Gasteiger partial charge in [-0.25, -0.2) is 27.9 Å². The Balaban J connectivity index is 1.43. The van der Waals surface area contributed by atoms with Gasteiger partial charge in [0.15, 0.2) is 0 Å². The van der Waals surface area contributed by atoms with Crippen molar-refractivity contribution < 1.29 is 22.7 Å². The van der Waals surface area contributed by atoms with Crippen LogP contribution in [-0.4, -0.2) is 77.1 Å². The zero-order valence-electron chi connectivity index (χ0n) is 19.8. The number of hydrogen-bond acceptors (Lipinski definition) is 6. The Labute approximate surface area is 202 Å². The summed E-state index contributed by atoms with van der Waals surface area (Å²) >= 11 is 0. The molecule has 1 N–H and O–H groups in total. The number of rotatable bonds is 5. The van der Waals surface area contributed by atoms with E-state index in [1.54, 1.807) is 16.7 Å². The number of ether oxygens (including phenoxy) is 1. The van der Waals surface area contributed by atoms with Gasteiger partial charge in [0, 0.05) is 43.2 Å². The van der Waals surface area contributed by atoms with Crippen LogP contribution in [-0.2, 0) is 17.8 Å². The quantitative estimate of drug-likeness (QED) is 0.692. The van der Waals surface area contributed by atoms with Crippen LogP contribution in [0.5, 0.6) is 0 Å². The van der Waals surface area contributed by atoms with Crippen LogP contribution in [0.4, 0.5) is 23.8 Å². The number of likely N-dealkylation sites (N-methyl/N-ethyl adjacent to an activating group) is 1. The minimum Gasteiger partial charge on any atom is -0.378 e. The van der Waals surface area contributed by atoms with Crippen molar-refractivity contribution in [3.63, 3.8) is 0 Å². The lowest BCUT2D eigenvalue weighted by Crippen LogP contribution is -2.46. The van der Waals surface area contributed by atoms with E-state index in [1.807, 2.05) is 7.05 Å². The molecule has 35 heavy (non-hydrogen) atoms.